The summed E-state index contributed by atoms with van der Waals surface area (Å²) in [5.74, 6) is -3.22. The Morgan fingerprint density at radius 2 is 1.73 bits per heavy atom. The molecule has 0 spiro atoms. The number of ether oxygens (including phenoxy) is 3. The Morgan fingerprint density at radius 1 is 1.00 bits per heavy atom. The lowest BCUT2D eigenvalue weighted by Crippen LogP contribution is -2.32. The van der Waals surface area contributed by atoms with Crippen LogP contribution in [0.25, 0.3) is 0 Å². The minimum absolute atomic E-state index is 0.102. The molecule has 3 heterocycles. The minimum Gasteiger partial charge on any atom is -0.493 e. The number of thioether (sulfide) groups is 1. The molecule has 0 bridgehead atoms. The van der Waals surface area contributed by atoms with Crippen molar-refractivity contribution in [1.82, 2.24) is 4.57 Å². The van der Waals surface area contributed by atoms with Crippen LogP contribution in [0.5, 0.6) is 11.5 Å². The molecule has 1 aromatic heterocycles. The number of amides is 2. The molecule has 0 radical (unpaired) electrons. The van der Waals surface area contributed by atoms with Crippen LogP contribution in [0.4, 0.5) is 18.9 Å². The van der Waals surface area contributed by atoms with Crippen molar-refractivity contribution >= 4 is 46.6 Å². The number of carbonyl (C=O) groups is 3. The molecule has 0 aliphatic carbocycles. The normalized spacial score (nSPS) is 20.0. The van der Waals surface area contributed by atoms with Crippen LogP contribution in [0.15, 0.2) is 52.3 Å². The molecular formula is C27H23F3N2O7S2. The van der Waals surface area contributed by atoms with E-state index in [0.29, 0.717) is 27.0 Å². The fraction of sp³-hybridized carbons (Fsp3) is 0.333. The zero-order valence-electron chi connectivity index (χ0n) is 21.9. The molecule has 2 aliphatic heterocycles. The lowest BCUT2D eigenvalue weighted by molar-refractivity contribution is -0.144. The summed E-state index contributed by atoms with van der Waals surface area (Å²) < 4.78 is 57.3. The summed E-state index contributed by atoms with van der Waals surface area (Å²) in [6, 6.07) is 8.94. The van der Waals surface area contributed by atoms with Crippen molar-refractivity contribution in [3.63, 3.8) is 0 Å². The number of thiazole rings is 1. The second-order valence-corrected chi connectivity index (χ2v) is 11.3. The fourth-order valence-corrected chi connectivity index (χ4v) is 7.85. The highest BCUT2D eigenvalue weighted by Crippen LogP contribution is 2.54. The maximum absolute atomic E-state index is 13.9. The average molecular weight is 609 g/mol. The van der Waals surface area contributed by atoms with Crippen molar-refractivity contribution < 1.29 is 41.8 Å². The van der Waals surface area contributed by atoms with Crippen molar-refractivity contribution in [2.75, 3.05) is 25.7 Å². The highest BCUT2D eigenvalue weighted by Gasteiger charge is 2.57. The Hall–Kier alpha value is -3.78. The van der Waals surface area contributed by atoms with Crippen molar-refractivity contribution in [2.24, 2.45) is 5.92 Å². The van der Waals surface area contributed by atoms with Crippen LogP contribution in [0.1, 0.15) is 28.8 Å². The van der Waals surface area contributed by atoms with Crippen LogP contribution in [0.3, 0.4) is 0 Å². The first kappa shape index (κ1) is 28.7. The van der Waals surface area contributed by atoms with Gasteiger partial charge in [-0.15, -0.1) is 0 Å². The standard InChI is InChI=1S/C27H23F3N2O7S2/c1-4-39-18(33)12-31-25-22(41-26(31)36)19(13-8-9-16(37-2)17(10-13)38-3)20-21(40-25)24(35)32(23(20)34)15-7-5-6-14(11-15)27(28,29)30/h5-11,19-21H,4,12H2,1-3H3/t19-,20-,21+/m0/s1. The van der Waals surface area contributed by atoms with Crippen molar-refractivity contribution in [3.8, 4) is 11.5 Å². The second-order valence-electron chi connectivity index (χ2n) is 9.14. The van der Waals surface area contributed by atoms with E-state index in [-0.39, 0.29) is 12.3 Å². The number of benzene rings is 2. The van der Waals surface area contributed by atoms with E-state index in [0.717, 1.165) is 46.2 Å². The molecule has 2 amide bonds. The lowest BCUT2D eigenvalue weighted by Gasteiger charge is -2.31. The first-order chi connectivity index (χ1) is 19.5. The Morgan fingerprint density at radius 3 is 2.39 bits per heavy atom. The first-order valence-corrected chi connectivity index (χ1v) is 14.0. The van der Waals surface area contributed by atoms with E-state index in [1.807, 2.05) is 0 Å². The molecule has 9 nitrogen and oxygen atoms in total. The van der Waals surface area contributed by atoms with E-state index in [9.17, 15) is 32.3 Å². The molecule has 0 saturated carbocycles. The molecule has 1 saturated heterocycles. The summed E-state index contributed by atoms with van der Waals surface area (Å²) in [6.07, 6.45) is -4.68. The predicted molar refractivity (Wildman–Crippen MR) is 144 cm³/mol. The lowest BCUT2D eigenvalue weighted by atomic mass is 9.83. The third kappa shape index (κ3) is 4.99. The van der Waals surface area contributed by atoms with Crippen LogP contribution in [-0.2, 0) is 31.8 Å². The first-order valence-electron chi connectivity index (χ1n) is 12.3. The van der Waals surface area contributed by atoms with Crippen LogP contribution < -0.4 is 19.2 Å². The molecule has 41 heavy (non-hydrogen) atoms. The zero-order valence-corrected chi connectivity index (χ0v) is 23.5. The summed E-state index contributed by atoms with van der Waals surface area (Å²) in [5.41, 5.74) is -0.684. The molecule has 5 rings (SSSR count). The SMILES string of the molecule is CCOC(=O)Cn1c2c(sc1=O)[C@@H](c1ccc(OC)c(OC)c1)[C@@H]1C(=O)N(c3cccc(C(F)(F)F)c3)C(=O)[C@@H]1S2. The van der Waals surface area contributed by atoms with Gasteiger partial charge in [0.25, 0.3) is 0 Å². The Balaban J connectivity index is 1.66. The number of carbonyl (C=O) groups excluding carboxylic acids is 3. The van der Waals surface area contributed by atoms with Gasteiger partial charge in [0, 0.05) is 10.8 Å². The Kier molecular flexibility index (Phi) is 7.64. The largest absolute Gasteiger partial charge is 0.493 e. The Labute approximate surface area is 239 Å². The van der Waals surface area contributed by atoms with Crippen LogP contribution in [0.2, 0.25) is 0 Å². The van der Waals surface area contributed by atoms with Gasteiger partial charge in [0.15, 0.2) is 11.5 Å². The maximum atomic E-state index is 13.9. The minimum atomic E-state index is -4.68. The van der Waals surface area contributed by atoms with E-state index in [2.05, 4.69) is 0 Å². The van der Waals surface area contributed by atoms with Gasteiger partial charge in [0.1, 0.15) is 11.8 Å². The van der Waals surface area contributed by atoms with E-state index in [4.69, 9.17) is 14.2 Å². The predicted octanol–water partition coefficient (Wildman–Crippen LogP) is 4.30. The number of anilines is 1. The molecule has 1 fully saturated rings. The summed E-state index contributed by atoms with van der Waals surface area (Å²) in [6.45, 7) is 1.33. The quantitative estimate of drug-likeness (QED) is 0.289. The van der Waals surface area contributed by atoms with Gasteiger partial charge in [-0.05, 0) is 42.8 Å². The molecule has 0 unspecified atom stereocenters. The number of aromatic nitrogens is 1. The van der Waals surface area contributed by atoms with Crippen molar-refractivity contribution in [1.29, 1.82) is 0 Å². The number of methoxy groups -OCH3 is 2. The number of hydrogen-bond donors (Lipinski definition) is 0. The van der Waals surface area contributed by atoms with Crippen LogP contribution >= 0.6 is 23.1 Å². The molecule has 0 N–H and O–H groups in total. The number of rotatable bonds is 7. The average Bonchev–Trinajstić information content (AvgIpc) is 3.38. The second kappa shape index (κ2) is 10.9. The molecule has 2 aromatic carbocycles. The van der Waals surface area contributed by atoms with Gasteiger partial charge in [-0.1, -0.05) is 35.2 Å². The molecule has 3 atom stereocenters. The summed E-state index contributed by atoms with van der Waals surface area (Å²) in [5, 5.41) is -0.758. The smallest absolute Gasteiger partial charge is 0.416 e. The molecule has 2 aliphatic rings. The van der Waals surface area contributed by atoms with E-state index in [1.54, 1.807) is 25.1 Å². The van der Waals surface area contributed by atoms with Gasteiger partial charge in [0.05, 0.1) is 43.0 Å². The number of esters is 1. The highest BCUT2D eigenvalue weighted by molar-refractivity contribution is 8.00. The summed E-state index contributed by atoms with van der Waals surface area (Å²) in [7, 11) is 2.89. The monoisotopic (exact) mass is 608 g/mol. The van der Waals surface area contributed by atoms with Gasteiger partial charge in [-0.2, -0.15) is 13.2 Å². The highest BCUT2D eigenvalue weighted by atomic mass is 32.2. The van der Waals surface area contributed by atoms with Crippen molar-refractivity contribution in [2.45, 2.75) is 35.8 Å². The summed E-state index contributed by atoms with van der Waals surface area (Å²) >= 11 is 1.78. The molecule has 216 valence electrons. The van der Waals surface area contributed by atoms with Gasteiger partial charge in [-0.3, -0.25) is 23.7 Å². The van der Waals surface area contributed by atoms with E-state index >= 15 is 0 Å². The van der Waals surface area contributed by atoms with Crippen molar-refractivity contribution in [3.05, 3.63) is 68.1 Å². The zero-order chi connectivity index (χ0) is 29.6. The van der Waals surface area contributed by atoms with E-state index < -0.39 is 58.0 Å². The fourth-order valence-electron chi connectivity index (χ4n) is 5.07. The molecule has 3 aromatic rings. The van der Waals surface area contributed by atoms with Crippen LogP contribution in [-0.4, -0.2) is 48.4 Å². The number of alkyl halides is 3. The van der Waals surface area contributed by atoms with Crippen LogP contribution in [0, 0.1) is 5.92 Å². The molecular weight excluding hydrogens is 585 g/mol. The third-order valence-electron chi connectivity index (χ3n) is 6.84. The topological polar surface area (TPSA) is 104 Å². The Bertz CT molecular complexity index is 1600. The number of imide groups is 1. The number of halogens is 3. The van der Waals surface area contributed by atoms with Gasteiger partial charge in [-0.25, -0.2) is 4.90 Å². The number of hydrogen-bond acceptors (Lipinski definition) is 9. The molecule has 14 heteroatoms. The van der Waals surface area contributed by atoms with Gasteiger partial charge >= 0.3 is 17.0 Å². The van der Waals surface area contributed by atoms with Gasteiger partial charge in [0.2, 0.25) is 11.8 Å². The van der Waals surface area contributed by atoms with Gasteiger partial charge < -0.3 is 14.2 Å². The van der Waals surface area contributed by atoms with E-state index in [1.165, 1.54) is 24.9 Å². The number of fused-ring (bicyclic) bond motifs is 2. The number of nitrogens with zero attached hydrogens (tertiary/aromatic N) is 2. The summed E-state index contributed by atoms with van der Waals surface area (Å²) in [4.78, 5) is 53.8. The third-order valence-corrected chi connectivity index (χ3v) is 9.44. The maximum Gasteiger partial charge on any atom is 0.416 e.